The second-order valence-corrected chi connectivity index (χ2v) is 5.56. The molecule has 4 nitrogen and oxygen atoms in total. The summed E-state index contributed by atoms with van der Waals surface area (Å²) in [5.74, 6) is 0.937. The first-order valence-electron chi connectivity index (χ1n) is 7.76. The fourth-order valence-corrected chi connectivity index (χ4v) is 2.40. The van der Waals surface area contributed by atoms with Crippen molar-refractivity contribution in [2.24, 2.45) is 12.0 Å². The molecule has 2 rings (SSSR count). The molecular weight excluding hydrogens is 399 g/mol. The van der Waals surface area contributed by atoms with Crippen molar-refractivity contribution in [2.75, 3.05) is 13.6 Å². The van der Waals surface area contributed by atoms with Crippen LogP contribution in [0.5, 0.6) is 0 Å². The van der Waals surface area contributed by atoms with E-state index >= 15 is 0 Å². The highest BCUT2D eigenvalue weighted by atomic mass is 127. The van der Waals surface area contributed by atoms with Gasteiger partial charge in [-0.3, -0.25) is 0 Å². The molecule has 126 valence electrons. The number of aryl methyl sites for hydroxylation is 2. The molecule has 1 heterocycles. The average Bonchev–Trinajstić information content (AvgIpc) is 2.90. The highest BCUT2D eigenvalue weighted by molar-refractivity contribution is 14.0. The summed E-state index contributed by atoms with van der Waals surface area (Å²) in [6.45, 7) is 6.63. The van der Waals surface area contributed by atoms with Crippen molar-refractivity contribution < 1.29 is 0 Å². The fourth-order valence-electron chi connectivity index (χ4n) is 2.40. The molecule has 5 heteroatoms. The molecule has 1 N–H and O–H groups in total. The molecule has 0 bridgehead atoms. The van der Waals surface area contributed by atoms with Crippen LogP contribution in [0.15, 0.2) is 47.6 Å². The number of nitrogens with one attached hydrogen (secondary N) is 1. The van der Waals surface area contributed by atoms with E-state index in [2.05, 4.69) is 85.3 Å². The lowest BCUT2D eigenvalue weighted by Crippen LogP contribution is -2.38. The summed E-state index contributed by atoms with van der Waals surface area (Å²) in [6, 6.07) is 12.6. The molecular formula is C18H27IN4. The maximum atomic E-state index is 4.78. The summed E-state index contributed by atoms with van der Waals surface area (Å²) in [7, 11) is 4.15. The van der Waals surface area contributed by atoms with Gasteiger partial charge in [0.25, 0.3) is 0 Å². The van der Waals surface area contributed by atoms with Gasteiger partial charge < -0.3 is 14.8 Å². The second-order valence-electron chi connectivity index (χ2n) is 5.56. The van der Waals surface area contributed by atoms with E-state index in [1.54, 1.807) is 0 Å². The van der Waals surface area contributed by atoms with Gasteiger partial charge in [-0.05, 0) is 37.1 Å². The number of aliphatic imine (C=N–C) groups is 1. The summed E-state index contributed by atoms with van der Waals surface area (Å²) in [6.07, 6.45) is 2.07. The van der Waals surface area contributed by atoms with E-state index in [0.29, 0.717) is 6.54 Å². The van der Waals surface area contributed by atoms with Gasteiger partial charge in [-0.2, -0.15) is 0 Å². The number of rotatable bonds is 5. The minimum absolute atomic E-state index is 0. The highest BCUT2D eigenvalue weighted by Gasteiger charge is 2.08. The van der Waals surface area contributed by atoms with E-state index in [-0.39, 0.29) is 24.0 Å². The van der Waals surface area contributed by atoms with Gasteiger partial charge in [0.2, 0.25) is 0 Å². The molecule has 0 radical (unpaired) electrons. The number of aromatic nitrogens is 1. The van der Waals surface area contributed by atoms with Crippen LogP contribution < -0.4 is 5.32 Å². The predicted molar refractivity (Wildman–Crippen MR) is 108 cm³/mol. The summed E-state index contributed by atoms with van der Waals surface area (Å²) in [4.78, 5) is 6.94. The molecule has 0 unspecified atom stereocenters. The van der Waals surface area contributed by atoms with Crippen molar-refractivity contribution in [3.63, 3.8) is 0 Å². The van der Waals surface area contributed by atoms with Crippen molar-refractivity contribution in [1.29, 1.82) is 0 Å². The summed E-state index contributed by atoms with van der Waals surface area (Å²) >= 11 is 0. The van der Waals surface area contributed by atoms with E-state index in [1.807, 2.05) is 0 Å². The van der Waals surface area contributed by atoms with Crippen molar-refractivity contribution >= 4 is 29.9 Å². The summed E-state index contributed by atoms with van der Waals surface area (Å²) in [5, 5.41) is 3.37. The third-order valence-electron chi connectivity index (χ3n) is 3.81. The van der Waals surface area contributed by atoms with Crippen LogP contribution in [0, 0.1) is 6.92 Å². The zero-order valence-electron chi connectivity index (χ0n) is 14.4. The zero-order valence-corrected chi connectivity index (χ0v) is 16.7. The number of halogens is 1. The highest BCUT2D eigenvalue weighted by Crippen LogP contribution is 2.09. The minimum Gasteiger partial charge on any atom is -0.357 e. The van der Waals surface area contributed by atoms with Crippen molar-refractivity contribution in [2.45, 2.75) is 26.9 Å². The molecule has 0 saturated heterocycles. The number of hydrogen-bond acceptors (Lipinski definition) is 1. The van der Waals surface area contributed by atoms with Crippen molar-refractivity contribution in [3.8, 4) is 0 Å². The first kappa shape index (κ1) is 19.5. The monoisotopic (exact) mass is 426 g/mol. The van der Waals surface area contributed by atoms with Crippen LogP contribution in [-0.2, 0) is 20.1 Å². The molecule has 0 aliphatic heterocycles. The molecule has 1 aromatic carbocycles. The Morgan fingerprint density at radius 1 is 1.22 bits per heavy atom. The lowest BCUT2D eigenvalue weighted by molar-refractivity contribution is 0.462. The quantitative estimate of drug-likeness (QED) is 0.451. The first-order chi connectivity index (χ1) is 10.6. The fraction of sp³-hybridized carbons (Fsp3) is 0.389. The Hall–Kier alpha value is -1.50. The normalized spacial score (nSPS) is 11.0. The summed E-state index contributed by atoms with van der Waals surface area (Å²) < 4.78 is 2.14. The SMILES string of the molecule is CCNC(=NCc1ccccc1C)N(C)Cc1cccn1C.I. The van der Waals surface area contributed by atoms with Crippen LogP contribution in [0.3, 0.4) is 0 Å². The topological polar surface area (TPSA) is 32.6 Å². The minimum atomic E-state index is 0. The second kappa shape index (κ2) is 9.60. The van der Waals surface area contributed by atoms with E-state index in [1.165, 1.54) is 16.8 Å². The maximum Gasteiger partial charge on any atom is 0.194 e. The largest absolute Gasteiger partial charge is 0.357 e. The van der Waals surface area contributed by atoms with Gasteiger partial charge in [0.15, 0.2) is 5.96 Å². The van der Waals surface area contributed by atoms with Crippen LogP contribution in [0.4, 0.5) is 0 Å². The molecule has 2 aromatic rings. The average molecular weight is 426 g/mol. The van der Waals surface area contributed by atoms with Crippen LogP contribution in [0.25, 0.3) is 0 Å². The van der Waals surface area contributed by atoms with Crippen molar-refractivity contribution in [1.82, 2.24) is 14.8 Å². The third kappa shape index (κ3) is 5.57. The van der Waals surface area contributed by atoms with Gasteiger partial charge >= 0.3 is 0 Å². The van der Waals surface area contributed by atoms with Gasteiger partial charge in [0, 0.05) is 32.5 Å². The first-order valence-corrected chi connectivity index (χ1v) is 7.76. The molecule has 0 aliphatic rings. The zero-order chi connectivity index (χ0) is 15.9. The van der Waals surface area contributed by atoms with Gasteiger partial charge in [-0.15, -0.1) is 24.0 Å². The number of benzene rings is 1. The number of hydrogen-bond donors (Lipinski definition) is 1. The molecule has 0 amide bonds. The standard InChI is InChI=1S/C18H26N4.HI/c1-5-19-18(20-13-16-10-7-6-9-15(16)2)22(4)14-17-11-8-12-21(17)3;/h6-12H,5,13-14H2,1-4H3,(H,19,20);1H. The van der Waals surface area contributed by atoms with Crippen molar-refractivity contribution in [3.05, 3.63) is 59.4 Å². The van der Waals surface area contributed by atoms with Crippen LogP contribution in [0.2, 0.25) is 0 Å². The molecule has 0 atom stereocenters. The molecule has 0 saturated carbocycles. The Morgan fingerprint density at radius 3 is 2.57 bits per heavy atom. The van der Waals surface area contributed by atoms with Crippen LogP contribution >= 0.6 is 24.0 Å². The molecule has 0 aliphatic carbocycles. The van der Waals surface area contributed by atoms with E-state index in [4.69, 9.17) is 4.99 Å². The van der Waals surface area contributed by atoms with Gasteiger partial charge in [0.05, 0.1) is 13.1 Å². The van der Waals surface area contributed by atoms with Crippen LogP contribution in [0.1, 0.15) is 23.7 Å². The number of nitrogens with zero attached hydrogens (tertiary/aromatic N) is 3. The summed E-state index contributed by atoms with van der Waals surface area (Å²) in [5.41, 5.74) is 3.82. The molecule has 1 aromatic heterocycles. The Balaban J connectivity index is 0.00000264. The molecule has 23 heavy (non-hydrogen) atoms. The predicted octanol–water partition coefficient (Wildman–Crippen LogP) is 3.55. The van der Waals surface area contributed by atoms with Gasteiger partial charge in [-0.1, -0.05) is 24.3 Å². The third-order valence-corrected chi connectivity index (χ3v) is 3.81. The Morgan fingerprint density at radius 2 is 1.96 bits per heavy atom. The molecule has 0 fully saturated rings. The lowest BCUT2D eigenvalue weighted by atomic mass is 10.1. The Bertz CT molecular complexity index is 633. The van der Waals surface area contributed by atoms with Gasteiger partial charge in [0.1, 0.15) is 0 Å². The maximum absolute atomic E-state index is 4.78. The smallest absolute Gasteiger partial charge is 0.194 e. The van der Waals surface area contributed by atoms with Gasteiger partial charge in [-0.25, -0.2) is 4.99 Å². The lowest BCUT2D eigenvalue weighted by Gasteiger charge is -2.22. The van der Waals surface area contributed by atoms with Crippen LogP contribution in [-0.4, -0.2) is 29.0 Å². The van der Waals surface area contributed by atoms with E-state index in [9.17, 15) is 0 Å². The van der Waals surface area contributed by atoms with E-state index < -0.39 is 0 Å². The van der Waals surface area contributed by atoms with E-state index in [0.717, 1.165) is 19.0 Å². The Labute approximate surface area is 156 Å². The Kier molecular flexibility index (Phi) is 8.16. The molecule has 0 spiro atoms. The number of guanidine groups is 1.